The van der Waals surface area contributed by atoms with Crippen LogP contribution in [0.15, 0.2) is 12.3 Å². The number of nitrogen functional groups attached to an aromatic ring is 1. The van der Waals surface area contributed by atoms with Crippen LogP contribution in [0.3, 0.4) is 0 Å². The molecule has 2 heterocycles. The van der Waals surface area contributed by atoms with Gasteiger partial charge < -0.3 is 25.4 Å². The summed E-state index contributed by atoms with van der Waals surface area (Å²) in [6, 6.07) is 1.69. The molecule has 3 N–H and O–H groups in total. The Morgan fingerprint density at radius 2 is 1.76 bits per heavy atom. The lowest BCUT2D eigenvalue weighted by Crippen LogP contribution is -2.54. The molecule has 0 aromatic carbocycles. The number of aromatic nitrogens is 1. The van der Waals surface area contributed by atoms with E-state index in [2.05, 4.69) is 4.98 Å². The van der Waals surface area contributed by atoms with E-state index in [9.17, 15) is 9.59 Å². The fourth-order valence-electron chi connectivity index (χ4n) is 2.50. The molecule has 7 nitrogen and oxygen atoms in total. The molecule has 1 aliphatic heterocycles. The van der Waals surface area contributed by atoms with E-state index in [0.717, 1.165) is 0 Å². The van der Waals surface area contributed by atoms with E-state index in [4.69, 9.17) is 5.73 Å². The largest absolute Gasteiger partial charge is 0.397 e. The average Bonchev–Trinajstić information content (AvgIpc) is 2.94. The molecule has 3 amide bonds. The number of urea groups is 1. The van der Waals surface area contributed by atoms with Crippen LogP contribution in [-0.2, 0) is 0 Å². The Balaban J connectivity index is 1.91. The summed E-state index contributed by atoms with van der Waals surface area (Å²) in [7, 11) is 0. The van der Waals surface area contributed by atoms with Gasteiger partial charge in [0.15, 0.2) is 0 Å². The van der Waals surface area contributed by atoms with E-state index in [0.29, 0.717) is 50.6 Å². The van der Waals surface area contributed by atoms with Crippen molar-refractivity contribution < 1.29 is 9.59 Å². The summed E-state index contributed by atoms with van der Waals surface area (Å²) in [5.74, 6) is -0.0679. The number of piperazine rings is 1. The van der Waals surface area contributed by atoms with Gasteiger partial charge in [0.25, 0.3) is 5.91 Å². The van der Waals surface area contributed by atoms with Crippen molar-refractivity contribution in [1.29, 1.82) is 0 Å². The minimum absolute atomic E-state index is 0.0521. The Morgan fingerprint density at radius 1 is 1.19 bits per heavy atom. The summed E-state index contributed by atoms with van der Waals surface area (Å²) in [5.41, 5.74) is 6.66. The molecule has 1 aromatic rings. The summed E-state index contributed by atoms with van der Waals surface area (Å²) in [6.45, 7) is 7.57. The van der Waals surface area contributed by atoms with Crippen molar-refractivity contribution in [2.75, 3.05) is 45.0 Å². The van der Waals surface area contributed by atoms with Gasteiger partial charge >= 0.3 is 6.03 Å². The van der Waals surface area contributed by atoms with Gasteiger partial charge in [0.1, 0.15) is 5.69 Å². The fourth-order valence-corrected chi connectivity index (χ4v) is 2.50. The minimum atomic E-state index is -0.0679. The molecule has 0 bridgehead atoms. The molecule has 0 spiro atoms. The van der Waals surface area contributed by atoms with E-state index in [-0.39, 0.29) is 11.9 Å². The Labute approximate surface area is 124 Å². The molecular weight excluding hydrogens is 270 g/mol. The van der Waals surface area contributed by atoms with Crippen molar-refractivity contribution in [3.63, 3.8) is 0 Å². The molecule has 7 heteroatoms. The highest BCUT2D eigenvalue weighted by atomic mass is 16.2. The summed E-state index contributed by atoms with van der Waals surface area (Å²) >= 11 is 0. The topological polar surface area (TPSA) is 85.7 Å². The van der Waals surface area contributed by atoms with Crippen molar-refractivity contribution in [2.45, 2.75) is 13.8 Å². The van der Waals surface area contributed by atoms with Crippen LogP contribution in [0.2, 0.25) is 0 Å². The maximum Gasteiger partial charge on any atom is 0.320 e. The zero-order valence-electron chi connectivity index (χ0n) is 12.6. The number of carbonyl (C=O) groups is 2. The van der Waals surface area contributed by atoms with Crippen LogP contribution >= 0.6 is 0 Å². The lowest BCUT2D eigenvalue weighted by Gasteiger charge is -2.37. The van der Waals surface area contributed by atoms with Crippen LogP contribution in [-0.4, -0.2) is 70.9 Å². The minimum Gasteiger partial charge on any atom is -0.397 e. The third-order valence-electron chi connectivity index (χ3n) is 3.81. The second-order valence-corrected chi connectivity index (χ2v) is 5.08. The number of nitrogens with one attached hydrogen (secondary N) is 1. The molecule has 0 unspecified atom stereocenters. The summed E-state index contributed by atoms with van der Waals surface area (Å²) in [5, 5.41) is 0. The Kier molecular flexibility index (Phi) is 4.72. The molecule has 1 aliphatic rings. The normalized spacial score (nSPS) is 15.1. The van der Waals surface area contributed by atoms with Crippen molar-refractivity contribution in [2.24, 2.45) is 0 Å². The monoisotopic (exact) mass is 293 g/mol. The molecule has 21 heavy (non-hydrogen) atoms. The number of hydrogen-bond donors (Lipinski definition) is 2. The summed E-state index contributed by atoms with van der Waals surface area (Å²) < 4.78 is 0. The number of carbonyl (C=O) groups excluding carboxylic acids is 2. The van der Waals surface area contributed by atoms with Crippen molar-refractivity contribution in [3.05, 3.63) is 18.0 Å². The number of H-pyrrole nitrogens is 1. The maximum absolute atomic E-state index is 12.3. The smallest absolute Gasteiger partial charge is 0.320 e. The van der Waals surface area contributed by atoms with E-state index >= 15 is 0 Å². The average molecular weight is 293 g/mol. The van der Waals surface area contributed by atoms with E-state index in [1.54, 1.807) is 27.0 Å². The number of rotatable bonds is 3. The molecule has 0 atom stereocenters. The molecule has 116 valence electrons. The molecule has 1 fully saturated rings. The molecule has 1 saturated heterocycles. The van der Waals surface area contributed by atoms with Gasteiger partial charge in [0.05, 0.1) is 0 Å². The molecular formula is C14H23N5O2. The highest BCUT2D eigenvalue weighted by molar-refractivity contribution is 5.93. The van der Waals surface area contributed by atoms with Crippen molar-refractivity contribution in [1.82, 2.24) is 19.7 Å². The van der Waals surface area contributed by atoms with Gasteiger partial charge in [0, 0.05) is 51.2 Å². The fraction of sp³-hybridized carbons (Fsp3) is 0.571. The number of amides is 3. The van der Waals surface area contributed by atoms with Gasteiger partial charge in [-0.25, -0.2) is 4.79 Å². The number of hydrogen-bond acceptors (Lipinski definition) is 3. The lowest BCUT2D eigenvalue weighted by molar-refractivity contribution is 0.0636. The van der Waals surface area contributed by atoms with Crippen LogP contribution in [0, 0.1) is 0 Å². The van der Waals surface area contributed by atoms with Crippen LogP contribution in [0.25, 0.3) is 0 Å². The van der Waals surface area contributed by atoms with Crippen molar-refractivity contribution in [3.8, 4) is 0 Å². The van der Waals surface area contributed by atoms with Gasteiger partial charge in [-0.2, -0.15) is 0 Å². The number of aromatic amines is 1. The molecule has 1 aromatic heterocycles. The predicted octanol–water partition coefficient (Wildman–Crippen LogP) is 0.817. The SMILES string of the molecule is CCN(CC)C(=O)N1CCN(C(=O)c2cc(N)c[nH]2)CC1. The first kappa shape index (κ1) is 15.2. The quantitative estimate of drug-likeness (QED) is 0.865. The third kappa shape index (κ3) is 3.29. The van der Waals surface area contributed by atoms with E-state index in [1.807, 2.05) is 13.8 Å². The number of nitrogens with zero attached hydrogens (tertiary/aromatic N) is 3. The van der Waals surface area contributed by atoms with Crippen LogP contribution in [0.1, 0.15) is 24.3 Å². The van der Waals surface area contributed by atoms with E-state index < -0.39 is 0 Å². The zero-order valence-corrected chi connectivity index (χ0v) is 12.6. The molecule has 0 radical (unpaired) electrons. The zero-order chi connectivity index (χ0) is 15.4. The highest BCUT2D eigenvalue weighted by Crippen LogP contribution is 2.11. The highest BCUT2D eigenvalue weighted by Gasteiger charge is 2.27. The molecule has 0 aliphatic carbocycles. The molecule has 2 rings (SSSR count). The Morgan fingerprint density at radius 3 is 2.24 bits per heavy atom. The standard InChI is InChI=1S/C14H23N5O2/c1-3-17(4-2)14(21)19-7-5-18(6-8-19)13(20)12-9-11(15)10-16-12/h9-10,16H,3-8,15H2,1-2H3. The second-order valence-electron chi connectivity index (χ2n) is 5.08. The predicted molar refractivity (Wildman–Crippen MR) is 81.0 cm³/mol. The van der Waals surface area contributed by atoms with Crippen LogP contribution < -0.4 is 5.73 Å². The second kappa shape index (κ2) is 6.51. The third-order valence-corrected chi connectivity index (χ3v) is 3.81. The van der Waals surface area contributed by atoms with Gasteiger partial charge in [-0.15, -0.1) is 0 Å². The van der Waals surface area contributed by atoms with Gasteiger partial charge in [0.2, 0.25) is 0 Å². The maximum atomic E-state index is 12.3. The van der Waals surface area contributed by atoms with E-state index in [1.165, 1.54) is 0 Å². The van der Waals surface area contributed by atoms with Gasteiger partial charge in [-0.05, 0) is 19.9 Å². The van der Waals surface area contributed by atoms with Gasteiger partial charge in [-0.1, -0.05) is 0 Å². The first-order valence-corrected chi connectivity index (χ1v) is 7.33. The first-order chi connectivity index (χ1) is 10.1. The van der Waals surface area contributed by atoms with Crippen molar-refractivity contribution >= 4 is 17.6 Å². The Hall–Kier alpha value is -2.18. The van der Waals surface area contributed by atoms with Crippen LogP contribution in [0.4, 0.5) is 10.5 Å². The first-order valence-electron chi connectivity index (χ1n) is 7.33. The number of nitrogens with two attached hydrogens (primary N) is 1. The number of anilines is 1. The summed E-state index contributed by atoms with van der Waals surface area (Å²) in [6.07, 6.45) is 1.60. The summed E-state index contributed by atoms with van der Waals surface area (Å²) in [4.78, 5) is 32.7. The van der Waals surface area contributed by atoms with Gasteiger partial charge in [-0.3, -0.25) is 4.79 Å². The Bertz CT molecular complexity index is 501. The lowest BCUT2D eigenvalue weighted by atomic mass is 10.3. The molecule has 0 saturated carbocycles. The van der Waals surface area contributed by atoms with Crippen LogP contribution in [0.5, 0.6) is 0 Å².